The van der Waals surface area contributed by atoms with Crippen LogP contribution in [0.2, 0.25) is 0 Å². The van der Waals surface area contributed by atoms with Gasteiger partial charge in [-0.2, -0.15) is 5.10 Å². The highest BCUT2D eigenvalue weighted by Gasteiger charge is 2.35. The first-order valence-electron chi connectivity index (χ1n) is 7.21. The number of nitrogen functional groups attached to an aromatic ring is 1. The SMILES string of the molecule is CCc1[nH]nc(C(=O)N(Cc2nccn2C)C2CC2)c1N. The van der Waals surface area contributed by atoms with E-state index in [1.807, 2.05) is 29.6 Å². The van der Waals surface area contributed by atoms with Crippen LogP contribution in [0.25, 0.3) is 0 Å². The van der Waals surface area contributed by atoms with E-state index in [1.54, 1.807) is 6.20 Å². The number of carbonyl (C=O) groups excluding carboxylic acids is 1. The lowest BCUT2D eigenvalue weighted by Crippen LogP contribution is -2.34. The molecular formula is C14H20N6O. The summed E-state index contributed by atoms with van der Waals surface area (Å²) in [7, 11) is 1.93. The van der Waals surface area contributed by atoms with Crippen molar-refractivity contribution in [1.29, 1.82) is 0 Å². The van der Waals surface area contributed by atoms with Crippen LogP contribution < -0.4 is 5.73 Å². The third-order valence-corrected chi connectivity index (χ3v) is 3.92. The summed E-state index contributed by atoms with van der Waals surface area (Å²) in [4.78, 5) is 18.9. The zero-order valence-corrected chi connectivity index (χ0v) is 12.3. The Kier molecular flexibility index (Phi) is 3.40. The molecule has 3 rings (SSSR count). The van der Waals surface area contributed by atoms with Crippen LogP contribution in [0.1, 0.15) is 41.8 Å². The molecule has 21 heavy (non-hydrogen) atoms. The lowest BCUT2D eigenvalue weighted by atomic mass is 10.2. The van der Waals surface area contributed by atoms with E-state index in [9.17, 15) is 4.79 Å². The topological polar surface area (TPSA) is 92.8 Å². The number of H-pyrrole nitrogens is 1. The van der Waals surface area contributed by atoms with Crippen molar-refractivity contribution in [3.05, 3.63) is 29.6 Å². The van der Waals surface area contributed by atoms with Gasteiger partial charge in [-0.1, -0.05) is 6.92 Å². The lowest BCUT2D eigenvalue weighted by Gasteiger charge is -2.21. The predicted octanol–water partition coefficient (Wildman–Crippen LogP) is 1.09. The summed E-state index contributed by atoms with van der Waals surface area (Å²) in [5, 5.41) is 6.95. The fourth-order valence-electron chi connectivity index (χ4n) is 2.41. The molecule has 1 aliphatic carbocycles. The zero-order valence-electron chi connectivity index (χ0n) is 12.3. The highest BCUT2D eigenvalue weighted by atomic mass is 16.2. The second-order valence-corrected chi connectivity index (χ2v) is 5.44. The van der Waals surface area contributed by atoms with Crippen LogP contribution in [0.5, 0.6) is 0 Å². The monoisotopic (exact) mass is 288 g/mol. The Labute approximate surface area is 123 Å². The first-order valence-corrected chi connectivity index (χ1v) is 7.21. The van der Waals surface area contributed by atoms with E-state index in [0.717, 1.165) is 30.8 Å². The standard InChI is InChI=1S/C14H20N6O/c1-3-10-12(15)13(18-17-10)14(21)20(9-4-5-9)8-11-16-6-7-19(11)2/h6-7,9H,3-5,8,15H2,1-2H3,(H,17,18). The molecule has 0 aliphatic heterocycles. The average Bonchev–Trinajstić information content (AvgIpc) is 3.13. The van der Waals surface area contributed by atoms with E-state index >= 15 is 0 Å². The molecule has 2 aromatic heterocycles. The number of hydrogen-bond acceptors (Lipinski definition) is 4. The van der Waals surface area contributed by atoms with E-state index in [4.69, 9.17) is 5.73 Å². The maximum atomic E-state index is 12.7. The van der Waals surface area contributed by atoms with Crippen molar-refractivity contribution in [3.8, 4) is 0 Å². The fourth-order valence-corrected chi connectivity index (χ4v) is 2.41. The number of hydrogen-bond donors (Lipinski definition) is 2. The summed E-state index contributed by atoms with van der Waals surface area (Å²) in [6.07, 6.45) is 6.41. The first-order chi connectivity index (χ1) is 10.1. The molecule has 0 bridgehead atoms. The highest BCUT2D eigenvalue weighted by molar-refractivity contribution is 5.98. The van der Waals surface area contributed by atoms with E-state index < -0.39 is 0 Å². The minimum atomic E-state index is -0.117. The van der Waals surface area contributed by atoms with Gasteiger partial charge in [0.2, 0.25) is 0 Å². The Morgan fingerprint density at radius 1 is 1.57 bits per heavy atom. The number of amides is 1. The Balaban J connectivity index is 1.85. The summed E-state index contributed by atoms with van der Waals surface area (Å²) in [5.41, 5.74) is 7.62. The average molecular weight is 288 g/mol. The normalized spacial score (nSPS) is 14.4. The van der Waals surface area contributed by atoms with Crippen LogP contribution in [0.3, 0.4) is 0 Å². The van der Waals surface area contributed by atoms with E-state index in [1.165, 1.54) is 0 Å². The van der Waals surface area contributed by atoms with Crippen LogP contribution in [-0.2, 0) is 20.0 Å². The Hall–Kier alpha value is -2.31. The van der Waals surface area contributed by atoms with Gasteiger partial charge in [0, 0.05) is 25.5 Å². The molecule has 0 saturated heterocycles. The number of imidazole rings is 1. The third kappa shape index (κ3) is 2.51. The molecule has 1 fully saturated rings. The first kappa shape index (κ1) is 13.7. The molecule has 2 heterocycles. The molecule has 7 nitrogen and oxygen atoms in total. The van der Waals surface area contributed by atoms with Crippen LogP contribution in [-0.4, -0.2) is 36.6 Å². The predicted molar refractivity (Wildman–Crippen MR) is 78.5 cm³/mol. The van der Waals surface area contributed by atoms with Gasteiger partial charge in [0.05, 0.1) is 17.9 Å². The number of rotatable bonds is 5. The van der Waals surface area contributed by atoms with Gasteiger partial charge in [0.1, 0.15) is 5.82 Å². The number of carbonyl (C=O) groups is 1. The molecule has 1 amide bonds. The Morgan fingerprint density at radius 3 is 2.86 bits per heavy atom. The lowest BCUT2D eigenvalue weighted by molar-refractivity contribution is 0.0719. The highest BCUT2D eigenvalue weighted by Crippen LogP contribution is 2.30. The molecule has 1 saturated carbocycles. The van der Waals surface area contributed by atoms with Crippen molar-refractivity contribution in [1.82, 2.24) is 24.6 Å². The van der Waals surface area contributed by atoms with Gasteiger partial charge in [-0.05, 0) is 19.3 Å². The molecule has 0 spiro atoms. The molecule has 112 valence electrons. The number of aromatic nitrogens is 4. The molecule has 0 unspecified atom stereocenters. The van der Waals surface area contributed by atoms with Crippen molar-refractivity contribution < 1.29 is 4.79 Å². The number of aryl methyl sites for hydroxylation is 2. The number of aromatic amines is 1. The van der Waals surface area contributed by atoms with Gasteiger partial charge in [0.15, 0.2) is 5.69 Å². The van der Waals surface area contributed by atoms with E-state index in [2.05, 4.69) is 15.2 Å². The van der Waals surface area contributed by atoms with Crippen molar-refractivity contribution >= 4 is 11.6 Å². The van der Waals surface area contributed by atoms with Crippen LogP contribution in [0, 0.1) is 0 Å². The van der Waals surface area contributed by atoms with Crippen molar-refractivity contribution in [2.24, 2.45) is 7.05 Å². The zero-order chi connectivity index (χ0) is 15.0. The van der Waals surface area contributed by atoms with Gasteiger partial charge in [0.25, 0.3) is 5.91 Å². The second-order valence-electron chi connectivity index (χ2n) is 5.44. The molecule has 0 aromatic carbocycles. The summed E-state index contributed by atoms with van der Waals surface area (Å²) in [6.45, 7) is 2.46. The van der Waals surface area contributed by atoms with Crippen LogP contribution >= 0.6 is 0 Å². The number of anilines is 1. The molecule has 2 aromatic rings. The maximum absolute atomic E-state index is 12.7. The maximum Gasteiger partial charge on any atom is 0.277 e. The van der Waals surface area contributed by atoms with E-state index in [-0.39, 0.29) is 11.9 Å². The van der Waals surface area contributed by atoms with Crippen LogP contribution in [0.4, 0.5) is 5.69 Å². The van der Waals surface area contributed by atoms with Crippen molar-refractivity contribution in [3.63, 3.8) is 0 Å². The molecule has 0 radical (unpaired) electrons. The Morgan fingerprint density at radius 2 is 2.33 bits per heavy atom. The van der Waals surface area contributed by atoms with Crippen molar-refractivity contribution in [2.75, 3.05) is 5.73 Å². The minimum absolute atomic E-state index is 0.117. The molecule has 3 N–H and O–H groups in total. The number of nitrogens with two attached hydrogens (primary N) is 1. The van der Waals surface area contributed by atoms with Gasteiger partial charge in [-0.3, -0.25) is 9.89 Å². The minimum Gasteiger partial charge on any atom is -0.395 e. The largest absolute Gasteiger partial charge is 0.395 e. The van der Waals surface area contributed by atoms with Gasteiger partial charge >= 0.3 is 0 Å². The summed E-state index contributed by atoms with van der Waals surface area (Å²) < 4.78 is 1.92. The smallest absolute Gasteiger partial charge is 0.277 e. The van der Waals surface area contributed by atoms with Crippen LogP contribution in [0.15, 0.2) is 12.4 Å². The van der Waals surface area contributed by atoms with Crippen molar-refractivity contribution in [2.45, 2.75) is 38.8 Å². The van der Waals surface area contributed by atoms with Gasteiger partial charge in [-0.15, -0.1) is 0 Å². The van der Waals surface area contributed by atoms with Gasteiger partial charge in [-0.25, -0.2) is 4.98 Å². The Bertz CT molecular complexity index is 654. The third-order valence-electron chi connectivity index (χ3n) is 3.92. The summed E-state index contributed by atoms with van der Waals surface area (Å²) >= 11 is 0. The molecular weight excluding hydrogens is 268 g/mol. The summed E-state index contributed by atoms with van der Waals surface area (Å²) in [5.74, 6) is 0.744. The number of nitrogens with zero attached hydrogens (tertiary/aromatic N) is 4. The molecule has 7 heteroatoms. The fraction of sp³-hybridized carbons (Fsp3) is 0.500. The molecule has 0 atom stereocenters. The summed E-state index contributed by atoms with van der Waals surface area (Å²) in [6, 6.07) is 0.273. The second kappa shape index (κ2) is 5.23. The van der Waals surface area contributed by atoms with E-state index in [0.29, 0.717) is 17.9 Å². The number of nitrogens with one attached hydrogen (secondary N) is 1. The van der Waals surface area contributed by atoms with Gasteiger partial charge < -0.3 is 15.2 Å². The quantitative estimate of drug-likeness (QED) is 0.861. The molecule has 1 aliphatic rings.